The van der Waals surface area contributed by atoms with Gasteiger partial charge in [-0.15, -0.1) is 24.0 Å². The van der Waals surface area contributed by atoms with E-state index in [1.165, 1.54) is 0 Å². The summed E-state index contributed by atoms with van der Waals surface area (Å²) in [5, 5.41) is 6.31. The Morgan fingerprint density at radius 3 is 2.30 bits per heavy atom. The van der Waals surface area contributed by atoms with Crippen molar-refractivity contribution in [2.45, 2.75) is 47.4 Å². The molecule has 0 fully saturated rings. The molecule has 182 valence electrons. The molecule has 0 radical (unpaired) electrons. The average Bonchev–Trinajstić information content (AvgIpc) is 2.78. The molecule has 2 rings (SSSR count). The Morgan fingerprint density at radius 2 is 1.73 bits per heavy atom. The number of aryl methyl sites for hydroxylation is 1. The molecule has 6 nitrogen and oxygen atoms in total. The van der Waals surface area contributed by atoms with Gasteiger partial charge in [-0.05, 0) is 51.5 Å². The van der Waals surface area contributed by atoms with Crippen molar-refractivity contribution in [2.24, 2.45) is 4.99 Å². The van der Waals surface area contributed by atoms with Crippen LogP contribution in [0.4, 0.5) is 8.78 Å². The molecule has 0 aromatic heterocycles. The molecular weight excluding hydrogens is 541 g/mol. The van der Waals surface area contributed by atoms with Crippen molar-refractivity contribution in [1.82, 2.24) is 15.5 Å². The molecule has 0 aliphatic carbocycles. The molecule has 0 bridgehead atoms. The van der Waals surface area contributed by atoms with E-state index >= 15 is 0 Å². The molecule has 9 heteroatoms. The number of nitrogens with one attached hydrogen (secondary N) is 2. The third kappa shape index (κ3) is 9.15. The summed E-state index contributed by atoms with van der Waals surface area (Å²) in [5.74, 6) is 0.711. The van der Waals surface area contributed by atoms with Crippen LogP contribution in [0.25, 0.3) is 0 Å². The predicted octanol–water partition coefficient (Wildman–Crippen LogP) is 4.95. The number of hydrogen-bond donors (Lipinski definition) is 2. The number of alkyl halides is 2. The number of carbonyl (C=O) groups excluding carboxylic acids is 1. The Morgan fingerprint density at radius 1 is 1.06 bits per heavy atom. The lowest BCUT2D eigenvalue weighted by atomic mass is 10.1. The summed E-state index contributed by atoms with van der Waals surface area (Å²) in [7, 11) is 0. The van der Waals surface area contributed by atoms with Crippen LogP contribution in [0.5, 0.6) is 5.75 Å². The second-order valence-corrected chi connectivity index (χ2v) is 7.21. The van der Waals surface area contributed by atoms with Crippen LogP contribution in [0, 0.1) is 6.92 Å². The molecule has 0 saturated heterocycles. The molecule has 2 aromatic carbocycles. The van der Waals surface area contributed by atoms with Gasteiger partial charge in [0, 0.05) is 37.3 Å². The van der Waals surface area contributed by atoms with Crippen molar-refractivity contribution in [3.63, 3.8) is 0 Å². The number of hydrogen-bond acceptors (Lipinski definition) is 3. The minimum atomic E-state index is -2.88. The second-order valence-electron chi connectivity index (χ2n) is 7.21. The highest BCUT2D eigenvalue weighted by atomic mass is 127. The Labute approximate surface area is 211 Å². The molecule has 0 saturated carbocycles. The van der Waals surface area contributed by atoms with Crippen molar-refractivity contribution in [1.29, 1.82) is 0 Å². The van der Waals surface area contributed by atoms with Crippen molar-refractivity contribution in [2.75, 3.05) is 19.6 Å². The van der Waals surface area contributed by atoms with Gasteiger partial charge in [0.1, 0.15) is 5.75 Å². The third-order valence-corrected chi connectivity index (χ3v) is 4.89. The zero-order valence-corrected chi connectivity index (χ0v) is 21.9. The molecule has 0 unspecified atom stereocenters. The molecular formula is C24H33F2IN4O2. The van der Waals surface area contributed by atoms with Gasteiger partial charge in [-0.3, -0.25) is 4.79 Å². The Kier molecular flexibility index (Phi) is 12.7. The van der Waals surface area contributed by atoms with Crippen LogP contribution >= 0.6 is 24.0 Å². The number of ether oxygens (including phenoxy) is 1. The predicted molar refractivity (Wildman–Crippen MR) is 139 cm³/mol. The summed E-state index contributed by atoms with van der Waals surface area (Å²) in [5.41, 5.74) is 3.17. The maximum absolute atomic E-state index is 12.7. The number of halogens is 3. The molecule has 2 N–H and O–H groups in total. The van der Waals surface area contributed by atoms with E-state index in [1.54, 1.807) is 23.1 Å². The van der Waals surface area contributed by atoms with Gasteiger partial charge in [0.15, 0.2) is 5.96 Å². The fraction of sp³-hybridized carbons (Fsp3) is 0.417. The van der Waals surface area contributed by atoms with Crippen molar-refractivity contribution < 1.29 is 18.3 Å². The smallest absolute Gasteiger partial charge is 0.387 e. The first kappa shape index (κ1) is 28.6. The molecule has 0 heterocycles. The molecule has 1 amide bonds. The molecule has 0 aliphatic heterocycles. The van der Waals surface area contributed by atoms with E-state index in [0.29, 0.717) is 43.3 Å². The van der Waals surface area contributed by atoms with Crippen LogP contribution in [0.15, 0.2) is 47.5 Å². The van der Waals surface area contributed by atoms with E-state index in [1.807, 2.05) is 52.0 Å². The maximum Gasteiger partial charge on any atom is 0.387 e. The number of guanidine groups is 1. The first-order chi connectivity index (χ1) is 15.4. The molecule has 2 aromatic rings. The fourth-order valence-electron chi connectivity index (χ4n) is 3.19. The van der Waals surface area contributed by atoms with Gasteiger partial charge in [-0.25, -0.2) is 4.99 Å². The van der Waals surface area contributed by atoms with E-state index < -0.39 is 6.61 Å². The van der Waals surface area contributed by atoms with Crippen LogP contribution in [-0.4, -0.2) is 43.0 Å². The lowest BCUT2D eigenvalue weighted by molar-refractivity contribution is -0.0504. The van der Waals surface area contributed by atoms with Crippen LogP contribution < -0.4 is 15.4 Å². The lowest BCUT2D eigenvalue weighted by Gasteiger charge is -2.18. The van der Waals surface area contributed by atoms with Gasteiger partial charge in [0.2, 0.25) is 0 Å². The lowest BCUT2D eigenvalue weighted by Crippen LogP contribution is -2.37. The van der Waals surface area contributed by atoms with E-state index in [2.05, 4.69) is 20.4 Å². The largest absolute Gasteiger partial charge is 0.434 e. The minimum absolute atomic E-state index is 0. The van der Waals surface area contributed by atoms with Crippen molar-refractivity contribution in [3.8, 4) is 5.75 Å². The number of carbonyl (C=O) groups is 1. The summed E-state index contributed by atoms with van der Waals surface area (Å²) in [4.78, 5) is 18.8. The number of rotatable bonds is 10. The van der Waals surface area contributed by atoms with Crippen LogP contribution in [0.2, 0.25) is 0 Å². The highest BCUT2D eigenvalue weighted by molar-refractivity contribution is 14.0. The summed E-state index contributed by atoms with van der Waals surface area (Å²) >= 11 is 0. The van der Waals surface area contributed by atoms with Crippen LogP contribution in [0.1, 0.15) is 47.8 Å². The van der Waals surface area contributed by atoms with Gasteiger partial charge in [0.05, 0.1) is 6.54 Å². The third-order valence-electron chi connectivity index (χ3n) is 4.89. The first-order valence-corrected chi connectivity index (χ1v) is 10.8. The zero-order chi connectivity index (χ0) is 23.5. The quantitative estimate of drug-likeness (QED) is 0.240. The summed E-state index contributed by atoms with van der Waals surface area (Å²) < 4.78 is 30.0. The summed E-state index contributed by atoms with van der Waals surface area (Å²) in [6, 6.07) is 12.5. The molecule has 0 atom stereocenters. The number of amides is 1. The Bertz CT molecular complexity index is 904. The van der Waals surface area contributed by atoms with Gasteiger partial charge in [0.25, 0.3) is 5.91 Å². The maximum atomic E-state index is 12.7. The zero-order valence-electron chi connectivity index (χ0n) is 19.5. The minimum Gasteiger partial charge on any atom is -0.434 e. The van der Waals surface area contributed by atoms with Gasteiger partial charge >= 0.3 is 6.61 Å². The summed E-state index contributed by atoms with van der Waals surface area (Å²) in [6.45, 7) is 7.56. The number of nitrogens with zero attached hydrogens (tertiary/aromatic N) is 2. The number of benzene rings is 2. The van der Waals surface area contributed by atoms with Gasteiger partial charge in [-0.1, -0.05) is 29.8 Å². The van der Waals surface area contributed by atoms with Crippen molar-refractivity contribution >= 4 is 35.8 Å². The average molecular weight is 574 g/mol. The molecule has 0 aliphatic rings. The molecule has 33 heavy (non-hydrogen) atoms. The summed E-state index contributed by atoms with van der Waals surface area (Å²) in [6.07, 6.45) is 0. The Hall–Kier alpha value is -2.43. The van der Waals surface area contributed by atoms with Crippen molar-refractivity contribution in [3.05, 3.63) is 64.7 Å². The standard InChI is InChI=1S/C24H32F2N4O2.HI/c1-5-27-24(29-16-20-14-17(4)8-13-21(20)32-23(25)26)28-15-18-9-11-19(12-10-18)22(31)30(6-2)7-3;/h8-14,23H,5-7,15-16H2,1-4H3,(H2,27,28,29);1H. The van der Waals surface area contributed by atoms with Crippen LogP contribution in [0.3, 0.4) is 0 Å². The van der Waals surface area contributed by atoms with Gasteiger partial charge in [-0.2, -0.15) is 8.78 Å². The number of aliphatic imine (C=N–C) groups is 1. The highest BCUT2D eigenvalue weighted by Crippen LogP contribution is 2.22. The SMILES string of the molecule is CCNC(=NCc1ccc(C(=O)N(CC)CC)cc1)NCc1cc(C)ccc1OC(F)F.I. The van der Waals surface area contributed by atoms with Gasteiger partial charge < -0.3 is 20.3 Å². The monoisotopic (exact) mass is 574 g/mol. The topological polar surface area (TPSA) is 66.0 Å². The second kappa shape index (κ2) is 14.7. The highest BCUT2D eigenvalue weighted by Gasteiger charge is 2.12. The Balaban J connectivity index is 0.00000544. The first-order valence-electron chi connectivity index (χ1n) is 10.8. The van der Waals surface area contributed by atoms with E-state index in [0.717, 1.165) is 11.1 Å². The normalized spacial score (nSPS) is 11.1. The molecule has 0 spiro atoms. The fourth-order valence-corrected chi connectivity index (χ4v) is 3.19. The van der Waals surface area contributed by atoms with Crippen LogP contribution in [-0.2, 0) is 13.1 Å². The van der Waals surface area contributed by atoms with E-state index in [4.69, 9.17) is 0 Å². The van der Waals surface area contributed by atoms with E-state index in [-0.39, 0.29) is 42.2 Å². The van der Waals surface area contributed by atoms with E-state index in [9.17, 15) is 13.6 Å².